The van der Waals surface area contributed by atoms with Crippen molar-refractivity contribution in [1.82, 2.24) is 4.90 Å². The van der Waals surface area contributed by atoms with Crippen LogP contribution in [-0.2, 0) is 0 Å². The number of alkyl halides is 1. The fourth-order valence-corrected chi connectivity index (χ4v) is 0.919. The van der Waals surface area contributed by atoms with E-state index in [0.717, 1.165) is 0 Å². The van der Waals surface area contributed by atoms with E-state index in [2.05, 4.69) is 15.9 Å². The maximum absolute atomic E-state index is 10.2. The third kappa shape index (κ3) is 3.35. The number of carbonyl (C=O) groups is 1. The van der Waals surface area contributed by atoms with Gasteiger partial charge in [-0.15, -0.1) is 0 Å². The molecular weight excluding hydrogens is 186 g/mol. The van der Waals surface area contributed by atoms with Crippen LogP contribution in [0.5, 0.6) is 0 Å². The van der Waals surface area contributed by atoms with Gasteiger partial charge in [0.1, 0.15) is 0 Å². The molecule has 0 unspecified atom stereocenters. The first-order chi connectivity index (χ1) is 4.22. The SMILES string of the molecule is CCN(CCBr)C(=O)O. The van der Waals surface area contributed by atoms with Crippen molar-refractivity contribution in [3.8, 4) is 0 Å². The molecule has 1 N–H and O–H groups in total. The molecule has 0 atom stereocenters. The molecule has 54 valence electrons. The van der Waals surface area contributed by atoms with Crippen LogP contribution in [-0.4, -0.2) is 34.5 Å². The Kier molecular flexibility index (Phi) is 4.48. The number of nitrogens with zero attached hydrogens (tertiary/aromatic N) is 1. The molecule has 0 heterocycles. The molecule has 1 amide bonds. The summed E-state index contributed by atoms with van der Waals surface area (Å²) in [5.74, 6) is 0. The molecule has 0 spiro atoms. The van der Waals surface area contributed by atoms with Gasteiger partial charge in [-0.2, -0.15) is 0 Å². The van der Waals surface area contributed by atoms with Crippen LogP contribution in [0.2, 0.25) is 0 Å². The molecule has 3 nitrogen and oxygen atoms in total. The molecule has 4 heteroatoms. The summed E-state index contributed by atoms with van der Waals surface area (Å²) in [7, 11) is 0. The summed E-state index contributed by atoms with van der Waals surface area (Å²) in [6.07, 6.45) is -0.850. The molecule has 0 aliphatic heterocycles. The van der Waals surface area contributed by atoms with Gasteiger partial charge in [0.25, 0.3) is 0 Å². The number of amides is 1. The first-order valence-electron chi connectivity index (χ1n) is 2.76. The largest absolute Gasteiger partial charge is 0.465 e. The van der Waals surface area contributed by atoms with E-state index >= 15 is 0 Å². The summed E-state index contributed by atoms with van der Waals surface area (Å²) in [5, 5.41) is 9.11. The van der Waals surface area contributed by atoms with Gasteiger partial charge in [-0.1, -0.05) is 15.9 Å². The van der Waals surface area contributed by atoms with Crippen molar-refractivity contribution < 1.29 is 9.90 Å². The van der Waals surface area contributed by atoms with Crippen molar-refractivity contribution in [2.24, 2.45) is 0 Å². The highest BCUT2D eigenvalue weighted by atomic mass is 79.9. The number of hydrogen-bond donors (Lipinski definition) is 1. The second kappa shape index (κ2) is 4.61. The van der Waals surface area contributed by atoms with Crippen molar-refractivity contribution in [1.29, 1.82) is 0 Å². The van der Waals surface area contributed by atoms with E-state index in [0.29, 0.717) is 18.4 Å². The zero-order chi connectivity index (χ0) is 7.28. The molecule has 9 heavy (non-hydrogen) atoms. The van der Waals surface area contributed by atoms with Crippen molar-refractivity contribution in [3.05, 3.63) is 0 Å². The van der Waals surface area contributed by atoms with Gasteiger partial charge in [-0.05, 0) is 6.92 Å². The van der Waals surface area contributed by atoms with E-state index in [4.69, 9.17) is 5.11 Å². The summed E-state index contributed by atoms with van der Waals surface area (Å²) in [6.45, 7) is 2.93. The molecule has 0 bridgehead atoms. The maximum atomic E-state index is 10.2. The van der Waals surface area contributed by atoms with Gasteiger partial charge in [-0.3, -0.25) is 0 Å². The van der Waals surface area contributed by atoms with Crippen molar-refractivity contribution in [3.63, 3.8) is 0 Å². The summed E-state index contributed by atoms with van der Waals surface area (Å²) in [5.41, 5.74) is 0. The predicted molar refractivity (Wildman–Crippen MR) is 39.1 cm³/mol. The minimum absolute atomic E-state index is 0.556. The molecule has 0 aromatic carbocycles. The molecule has 0 saturated carbocycles. The van der Waals surface area contributed by atoms with Crippen LogP contribution in [0.15, 0.2) is 0 Å². The fourth-order valence-electron chi connectivity index (χ4n) is 0.491. The third-order valence-electron chi connectivity index (χ3n) is 1.01. The van der Waals surface area contributed by atoms with Crippen LogP contribution in [0, 0.1) is 0 Å². The normalized spacial score (nSPS) is 9.11. The minimum Gasteiger partial charge on any atom is -0.465 e. The van der Waals surface area contributed by atoms with Gasteiger partial charge in [-0.25, -0.2) is 4.79 Å². The van der Waals surface area contributed by atoms with Gasteiger partial charge in [0.15, 0.2) is 0 Å². The molecule has 0 radical (unpaired) electrons. The van der Waals surface area contributed by atoms with Crippen LogP contribution < -0.4 is 0 Å². The standard InChI is InChI=1S/C5H10BrNO2/c1-2-7(4-3-6)5(8)9/h2-4H2,1H3,(H,8,9). The lowest BCUT2D eigenvalue weighted by molar-refractivity contribution is 0.151. The maximum Gasteiger partial charge on any atom is 0.407 e. The van der Waals surface area contributed by atoms with Crippen LogP contribution >= 0.6 is 15.9 Å². The Morgan fingerprint density at radius 1 is 1.78 bits per heavy atom. The summed E-state index contributed by atoms with van der Waals surface area (Å²) in [4.78, 5) is 11.6. The smallest absolute Gasteiger partial charge is 0.407 e. The zero-order valence-corrected chi connectivity index (χ0v) is 6.89. The minimum atomic E-state index is -0.850. The molecule has 0 aromatic rings. The zero-order valence-electron chi connectivity index (χ0n) is 5.30. The van der Waals surface area contributed by atoms with E-state index in [9.17, 15) is 4.79 Å². The second-order valence-electron chi connectivity index (χ2n) is 1.55. The molecule has 0 saturated heterocycles. The quantitative estimate of drug-likeness (QED) is 0.692. The van der Waals surface area contributed by atoms with Crippen molar-refractivity contribution in [2.45, 2.75) is 6.92 Å². The van der Waals surface area contributed by atoms with Crippen LogP contribution in [0.3, 0.4) is 0 Å². The van der Waals surface area contributed by atoms with Gasteiger partial charge in [0, 0.05) is 18.4 Å². The summed E-state index contributed by atoms with van der Waals surface area (Å²) in [6, 6.07) is 0. The Bertz CT molecular complexity index is 97.0. The molecule has 0 aliphatic carbocycles. The van der Waals surface area contributed by atoms with Crippen LogP contribution in [0.1, 0.15) is 6.92 Å². The summed E-state index contributed by atoms with van der Waals surface area (Å²) < 4.78 is 0. The Morgan fingerprint density at radius 3 is 2.44 bits per heavy atom. The number of hydrogen-bond acceptors (Lipinski definition) is 1. The lowest BCUT2D eigenvalue weighted by atomic mass is 10.6. The fraction of sp³-hybridized carbons (Fsp3) is 0.800. The van der Waals surface area contributed by atoms with E-state index in [1.54, 1.807) is 0 Å². The average molecular weight is 196 g/mol. The Hall–Kier alpha value is -0.250. The highest BCUT2D eigenvalue weighted by molar-refractivity contribution is 9.09. The Labute approximate surface area is 62.8 Å². The first kappa shape index (κ1) is 8.75. The number of rotatable bonds is 3. The highest BCUT2D eigenvalue weighted by Gasteiger charge is 2.05. The highest BCUT2D eigenvalue weighted by Crippen LogP contribution is 1.90. The molecule has 0 fully saturated rings. The van der Waals surface area contributed by atoms with Gasteiger partial charge >= 0.3 is 6.09 Å². The Balaban J connectivity index is 3.54. The number of carboxylic acid groups (broad SMARTS) is 1. The Morgan fingerprint density at radius 2 is 2.33 bits per heavy atom. The third-order valence-corrected chi connectivity index (χ3v) is 1.36. The van der Waals surface area contributed by atoms with E-state index < -0.39 is 6.09 Å². The average Bonchev–Trinajstić information content (AvgIpc) is 1.82. The van der Waals surface area contributed by atoms with E-state index in [1.807, 2.05) is 6.92 Å². The van der Waals surface area contributed by atoms with Crippen LogP contribution in [0.25, 0.3) is 0 Å². The molecule has 0 aliphatic rings. The molecule has 0 rings (SSSR count). The second-order valence-corrected chi connectivity index (χ2v) is 2.34. The molecule has 0 aromatic heterocycles. The first-order valence-corrected chi connectivity index (χ1v) is 3.88. The monoisotopic (exact) mass is 195 g/mol. The van der Waals surface area contributed by atoms with Gasteiger partial charge in [0.2, 0.25) is 0 Å². The molecular formula is C5H10BrNO2. The van der Waals surface area contributed by atoms with Crippen molar-refractivity contribution in [2.75, 3.05) is 18.4 Å². The lowest BCUT2D eigenvalue weighted by Gasteiger charge is -2.13. The van der Waals surface area contributed by atoms with E-state index in [1.165, 1.54) is 4.90 Å². The van der Waals surface area contributed by atoms with E-state index in [-0.39, 0.29) is 0 Å². The summed E-state index contributed by atoms with van der Waals surface area (Å²) >= 11 is 3.15. The van der Waals surface area contributed by atoms with Crippen molar-refractivity contribution >= 4 is 22.0 Å². The lowest BCUT2D eigenvalue weighted by Crippen LogP contribution is -2.30. The predicted octanol–water partition coefficient (Wildman–Crippen LogP) is 1.38. The number of halogens is 1. The van der Waals surface area contributed by atoms with Gasteiger partial charge < -0.3 is 10.0 Å². The van der Waals surface area contributed by atoms with Crippen LogP contribution in [0.4, 0.5) is 4.79 Å². The topological polar surface area (TPSA) is 40.5 Å². The van der Waals surface area contributed by atoms with Gasteiger partial charge in [0.05, 0.1) is 0 Å².